The summed E-state index contributed by atoms with van der Waals surface area (Å²) in [6, 6.07) is 8.64. The number of rotatable bonds is 1. The van der Waals surface area contributed by atoms with Gasteiger partial charge >= 0.3 is 0 Å². The Bertz CT molecular complexity index is 792. The number of ether oxygens (including phenoxy) is 1. The van der Waals surface area contributed by atoms with Crippen LogP contribution in [-0.2, 0) is 14.9 Å². The van der Waals surface area contributed by atoms with E-state index in [2.05, 4.69) is 42.1 Å². The van der Waals surface area contributed by atoms with Gasteiger partial charge in [0.25, 0.3) is 0 Å². The molecular weight excluding hydrogens is 300 g/mol. The molecular formula is C20H22N2O2. The maximum Gasteiger partial charge on any atom is 0.238 e. The van der Waals surface area contributed by atoms with Crippen LogP contribution in [0.2, 0.25) is 0 Å². The number of anilines is 1. The van der Waals surface area contributed by atoms with Crippen LogP contribution >= 0.6 is 0 Å². The molecule has 24 heavy (non-hydrogen) atoms. The molecule has 6 rings (SSSR count). The number of hydrogen-bond donors (Lipinski definition) is 1. The van der Waals surface area contributed by atoms with Crippen LogP contribution in [-0.4, -0.2) is 43.2 Å². The summed E-state index contributed by atoms with van der Waals surface area (Å²) in [5, 5.41) is 3.18. The summed E-state index contributed by atoms with van der Waals surface area (Å²) < 4.78 is 6.34. The summed E-state index contributed by atoms with van der Waals surface area (Å²) in [5.41, 5.74) is 1.61. The van der Waals surface area contributed by atoms with Crippen molar-refractivity contribution in [1.82, 2.24) is 4.90 Å². The monoisotopic (exact) mass is 322 g/mol. The molecule has 1 amide bonds. The number of nitrogens with one attached hydrogen (secondary N) is 1. The molecule has 0 radical (unpaired) electrons. The van der Waals surface area contributed by atoms with E-state index < -0.39 is 5.41 Å². The molecule has 3 aliphatic heterocycles. The minimum Gasteiger partial charge on any atom is -0.376 e. The van der Waals surface area contributed by atoms with Crippen molar-refractivity contribution >= 4 is 11.6 Å². The number of para-hydroxylation sites is 1. The van der Waals surface area contributed by atoms with Gasteiger partial charge in [-0.1, -0.05) is 24.3 Å². The molecule has 5 bridgehead atoms. The predicted octanol–water partition coefficient (Wildman–Crippen LogP) is 2.03. The van der Waals surface area contributed by atoms with Gasteiger partial charge in [-0.25, -0.2) is 0 Å². The summed E-state index contributed by atoms with van der Waals surface area (Å²) >= 11 is 0. The van der Waals surface area contributed by atoms with Crippen LogP contribution in [0.15, 0.2) is 36.9 Å². The number of hydrogen-bond acceptors (Lipinski definition) is 3. The van der Waals surface area contributed by atoms with E-state index in [0.717, 1.165) is 30.8 Å². The number of carbonyl (C=O) groups is 1. The normalized spacial score (nSPS) is 50.4. The Hall–Kier alpha value is -1.65. The largest absolute Gasteiger partial charge is 0.376 e. The standard InChI is InChI=1S/C20H22N2O2/c1-3-19-10-22(2)16-11-9-24-15(8-13(11)19)20(17(16)19)12-6-4-5-7-14(12)21-18(20)23/h3-7,11,13,15-17H,1,8-10H2,2H3,(H,21,23)/t11-,13+,15-,16-,17+,19+,20+/m0/s1. The Kier molecular flexibility index (Phi) is 2.24. The topological polar surface area (TPSA) is 41.6 Å². The lowest BCUT2D eigenvalue weighted by Gasteiger charge is -2.54. The fraction of sp³-hybridized carbons (Fsp3) is 0.550. The predicted molar refractivity (Wildman–Crippen MR) is 90.6 cm³/mol. The van der Waals surface area contributed by atoms with E-state index in [1.165, 1.54) is 0 Å². The maximum absolute atomic E-state index is 13.4. The first-order chi connectivity index (χ1) is 11.6. The zero-order chi connectivity index (χ0) is 16.3. The van der Waals surface area contributed by atoms with Crippen LogP contribution in [0.4, 0.5) is 5.69 Å². The van der Waals surface area contributed by atoms with Crippen LogP contribution in [0.3, 0.4) is 0 Å². The van der Waals surface area contributed by atoms with Crippen molar-refractivity contribution in [3.05, 3.63) is 42.5 Å². The fourth-order valence-corrected chi connectivity index (χ4v) is 7.38. The zero-order valence-electron chi connectivity index (χ0n) is 13.9. The minimum absolute atomic E-state index is 0.00280. The summed E-state index contributed by atoms with van der Waals surface area (Å²) in [6.07, 6.45) is 3.17. The van der Waals surface area contributed by atoms with Crippen LogP contribution < -0.4 is 5.32 Å². The first-order valence-corrected chi connectivity index (χ1v) is 9.01. The van der Waals surface area contributed by atoms with Gasteiger partial charge in [0.2, 0.25) is 5.91 Å². The molecule has 1 spiro atoms. The second-order valence-corrected chi connectivity index (χ2v) is 8.40. The van der Waals surface area contributed by atoms with Gasteiger partial charge in [-0.2, -0.15) is 0 Å². The second-order valence-electron chi connectivity index (χ2n) is 8.40. The van der Waals surface area contributed by atoms with Crippen molar-refractivity contribution in [3.8, 4) is 0 Å². The number of fused-ring (bicyclic) bond motifs is 5. The smallest absolute Gasteiger partial charge is 0.238 e. The first-order valence-electron chi connectivity index (χ1n) is 9.01. The Labute approximate surface area is 141 Å². The summed E-state index contributed by atoms with van der Waals surface area (Å²) in [6.45, 7) is 6.06. The number of carbonyl (C=O) groups excluding carboxylic acids is 1. The van der Waals surface area contributed by atoms with Gasteiger partial charge in [-0.3, -0.25) is 4.79 Å². The number of likely N-dealkylation sites (tertiary alicyclic amines) is 1. The number of nitrogens with zero attached hydrogens (tertiary/aromatic N) is 1. The molecule has 2 aliphatic carbocycles. The minimum atomic E-state index is -0.554. The molecule has 1 N–H and O–H groups in total. The quantitative estimate of drug-likeness (QED) is 0.805. The molecule has 2 saturated carbocycles. The van der Waals surface area contributed by atoms with Crippen molar-refractivity contribution in [2.24, 2.45) is 23.2 Å². The fourth-order valence-electron chi connectivity index (χ4n) is 7.38. The van der Waals surface area contributed by atoms with Crippen molar-refractivity contribution < 1.29 is 9.53 Å². The molecule has 3 heterocycles. The lowest BCUT2D eigenvalue weighted by Crippen LogP contribution is -2.62. The maximum atomic E-state index is 13.4. The van der Waals surface area contributed by atoms with Crippen molar-refractivity contribution in [1.29, 1.82) is 0 Å². The molecule has 7 atom stereocenters. The number of piperidine rings is 1. The highest BCUT2D eigenvalue weighted by Crippen LogP contribution is 2.73. The van der Waals surface area contributed by atoms with Crippen molar-refractivity contribution in [2.45, 2.75) is 24.0 Å². The zero-order valence-corrected chi connectivity index (χ0v) is 13.9. The van der Waals surface area contributed by atoms with Crippen LogP contribution in [0.25, 0.3) is 0 Å². The summed E-state index contributed by atoms with van der Waals surface area (Å²) in [7, 11) is 2.21. The first kappa shape index (κ1) is 13.6. The van der Waals surface area contributed by atoms with Gasteiger partial charge in [0.05, 0.1) is 12.7 Å². The molecule has 1 aromatic rings. The molecule has 0 aromatic heterocycles. The summed E-state index contributed by atoms with van der Waals surface area (Å²) in [5.74, 6) is 1.56. The third kappa shape index (κ3) is 1.12. The van der Waals surface area contributed by atoms with Gasteiger partial charge < -0.3 is 15.0 Å². The Balaban J connectivity index is 1.69. The highest BCUT2D eigenvalue weighted by atomic mass is 16.5. The molecule has 124 valence electrons. The number of amides is 1. The second kappa shape index (κ2) is 3.94. The van der Waals surface area contributed by atoms with E-state index in [1.54, 1.807) is 0 Å². The SMILES string of the molecule is C=C[C@@]12CN(C)[C@H]3[C@H]4CO[C@@H](C[C@H]41)[C@@]1(C(=O)Nc4ccccc41)[C@H]32. The summed E-state index contributed by atoms with van der Waals surface area (Å²) in [4.78, 5) is 15.9. The highest BCUT2D eigenvalue weighted by Gasteiger charge is 2.79. The van der Waals surface area contributed by atoms with E-state index in [4.69, 9.17) is 4.74 Å². The van der Waals surface area contributed by atoms with E-state index in [9.17, 15) is 4.79 Å². The number of benzene rings is 1. The van der Waals surface area contributed by atoms with Gasteiger partial charge in [0.1, 0.15) is 5.41 Å². The Morgan fingerprint density at radius 1 is 1.42 bits per heavy atom. The van der Waals surface area contributed by atoms with Gasteiger partial charge in [-0.05, 0) is 31.0 Å². The third-order valence-corrected chi connectivity index (χ3v) is 7.93. The van der Waals surface area contributed by atoms with Gasteiger partial charge in [0.15, 0.2) is 0 Å². The van der Waals surface area contributed by atoms with Crippen molar-refractivity contribution in [2.75, 3.05) is 25.5 Å². The van der Waals surface area contributed by atoms with Crippen LogP contribution in [0, 0.1) is 23.2 Å². The van der Waals surface area contributed by atoms with E-state index in [0.29, 0.717) is 17.9 Å². The average molecular weight is 322 g/mol. The molecule has 1 aromatic carbocycles. The van der Waals surface area contributed by atoms with E-state index in [1.807, 2.05) is 12.1 Å². The molecule has 4 fully saturated rings. The van der Waals surface area contributed by atoms with Gasteiger partial charge in [0, 0.05) is 35.5 Å². The molecule has 2 saturated heterocycles. The van der Waals surface area contributed by atoms with Crippen LogP contribution in [0.1, 0.15) is 12.0 Å². The van der Waals surface area contributed by atoms with E-state index in [-0.39, 0.29) is 23.3 Å². The lowest BCUT2D eigenvalue weighted by molar-refractivity contribution is -0.153. The molecule has 4 heteroatoms. The Morgan fingerprint density at radius 2 is 2.25 bits per heavy atom. The lowest BCUT2D eigenvalue weighted by atomic mass is 9.51. The van der Waals surface area contributed by atoms with Crippen LogP contribution in [0.5, 0.6) is 0 Å². The molecule has 4 nitrogen and oxygen atoms in total. The highest BCUT2D eigenvalue weighted by molar-refractivity contribution is 6.07. The van der Waals surface area contributed by atoms with E-state index >= 15 is 0 Å². The molecule has 0 unspecified atom stereocenters. The van der Waals surface area contributed by atoms with Gasteiger partial charge in [-0.15, -0.1) is 6.58 Å². The van der Waals surface area contributed by atoms with Crippen molar-refractivity contribution in [3.63, 3.8) is 0 Å². The average Bonchev–Trinajstić information content (AvgIpc) is 3.08. The molecule has 5 aliphatic rings. The third-order valence-electron chi connectivity index (χ3n) is 7.93. The Morgan fingerprint density at radius 3 is 3.08 bits per heavy atom.